The molecule has 0 radical (unpaired) electrons. The molecule has 3 heterocycles. The number of esters is 1. The second-order valence-corrected chi connectivity index (χ2v) is 7.63. The molecule has 1 aromatic heterocycles. The number of nitrogens with one attached hydrogen (secondary N) is 1. The number of carbonyl (C=O) groups is 1. The summed E-state index contributed by atoms with van der Waals surface area (Å²) >= 11 is 0. The van der Waals surface area contributed by atoms with E-state index in [0.29, 0.717) is 0 Å². The molecule has 2 aliphatic rings. The fourth-order valence-electron chi connectivity index (χ4n) is 3.19. The van der Waals surface area contributed by atoms with Crippen LogP contribution in [0.25, 0.3) is 0 Å². The summed E-state index contributed by atoms with van der Waals surface area (Å²) in [5.41, 5.74) is 2.68. The van der Waals surface area contributed by atoms with E-state index < -0.39 is 53.6 Å². The van der Waals surface area contributed by atoms with Gasteiger partial charge in [0.2, 0.25) is 0 Å². The van der Waals surface area contributed by atoms with Crippen molar-refractivity contribution < 1.29 is 29.5 Å². The highest BCUT2D eigenvalue weighted by molar-refractivity contribution is 5.74. The number of H-pyrrole nitrogens is 1. The number of aromatic nitrogens is 2. The number of ether oxygens (including phenoxy) is 4. The van der Waals surface area contributed by atoms with Gasteiger partial charge in [0.15, 0.2) is 18.1 Å². The van der Waals surface area contributed by atoms with Crippen molar-refractivity contribution in [1.82, 2.24) is 9.55 Å². The number of hydrogen-bond donors (Lipinski definition) is 2. The number of carbonyl (C=O) groups excluding carboxylic acids is 1. The van der Waals surface area contributed by atoms with E-state index in [2.05, 4.69) is 10.7 Å². The van der Waals surface area contributed by atoms with Crippen molar-refractivity contribution in [2.24, 2.45) is 5.92 Å². The van der Waals surface area contributed by atoms with Crippen LogP contribution in [0.2, 0.25) is 0 Å². The van der Waals surface area contributed by atoms with Crippen LogP contribution in [-0.4, -0.2) is 52.3 Å². The molecule has 5 atom stereocenters. The molecule has 1 aromatic rings. The van der Waals surface area contributed by atoms with Crippen LogP contribution in [0.15, 0.2) is 21.9 Å². The summed E-state index contributed by atoms with van der Waals surface area (Å²) in [6.45, 7) is 7.23. The van der Waals surface area contributed by atoms with Gasteiger partial charge in [0.1, 0.15) is 24.9 Å². The van der Waals surface area contributed by atoms with Crippen molar-refractivity contribution in [2.45, 2.75) is 64.1 Å². The van der Waals surface area contributed by atoms with Crippen molar-refractivity contribution in [3.05, 3.63) is 33.1 Å². The summed E-state index contributed by atoms with van der Waals surface area (Å²) in [6.07, 6.45) is -1.21. The zero-order chi connectivity index (χ0) is 19.9. The lowest BCUT2D eigenvalue weighted by molar-refractivity contribution is -0.419. The zero-order valence-electron chi connectivity index (χ0n) is 15.8. The topological polar surface area (TPSA) is 136 Å². The van der Waals surface area contributed by atoms with E-state index in [0.717, 1.165) is 0 Å². The van der Waals surface area contributed by atoms with Crippen molar-refractivity contribution in [3.8, 4) is 0 Å². The molecule has 2 aliphatic heterocycles. The first kappa shape index (κ1) is 19.7. The molecule has 0 amide bonds. The number of quaternary nitrogens is 1. The first-order valence-corrected chi connectivity index (χ1v) is 8.91. The van der Waals surface area contributed by atoms with E-state index in [1.54, 1.807) is 13.8 Å². The van der Waals surface area contributed by atoms with Crippen LogP contribution in [0.5, 0.6) is 0 Å². The molecule has 4 N–H and O–H groups in total. The van der Waals surface area contributed by atoms with Gasteiger partial charge in [-0.25, -0.2) is 9.59 Å². The van der Waals surface area contributed by atoms with E-state index in [4.69, 9.17) is 18.9 Å². The predicted molar refractivity (Wildman–Crippen MR) is 91.5 cm³/mol. The van der Waals surface area contributed by atoms with Gasteiger partial charge in [0, 0.05) is 18.2 Å². The SMILES string of the molecule is CC(C)[C@H]([NH3+])C(=O)OC[C@H]1O[C@@H](n2ccc(=O)[nH]c2=O)[C@@H]2OC(C)(C)O[C@@H]21. The molecule has 0 unspecified atom stereocenters. The van der Waals surface area contributed by atoms with Gasteiger partial charge in [-0.1, -0.05) is 13.8 Å². The van der Waals surface area contributed by atoms with Gasteiger partial charge in [0.25, 0.3) is 5.56 Å². The van der Waals surface area contributed by atoms with Crippen LogP contribution in [0.4, 0.5) is 0 Å². The maximum absolute atomic E-state index is 12.2. The van der Waals surface area contributed by atoms with Crippen molar-refractivity contribution in [3.63, 3.8) is 0 Å². The van der Waals surface area contributed by atoms with E-state index in [9.17, 15) is 14.4 Å². The maximum atomic E-state index is 12.2. The summed E-state index contributed by atoms with van der Waals surface area (Å²) in [5, 5.41) is 0. The molecule has 2 saturated heterocycles. The van der Waals surface area contributed by atoms with Crippen LogP contribution >= 0.6 is 0 Å². The largest absolute Gasteiger partial charge is 0.458 e. The normalized spacial score (nSPS) is 30.3. The van der Waals surface area contributed by atoms with Crippen molar-refractivity contribution in [1.29, 1.82) is 0 Å². The number of rotatable bonds is 5. The van der Waals surface area contributed by atoms with E-state index in [1.807, 2.05) is 13.8 Å². The summed E-state index contributed by atoms with van der Waals surface area (Å²) < 4.78 is 24.3. The fraction of sp³-hybridized carbons (Fsp3) is 0.706. The van der Waals surface area contributed by atoms with Gasteiger partial charge in [-0.2, -0.15) is 0 Å². The molecule has 0 aliphatic carbocycles. The first-order chi connectivity index (χ1) is 12.6. The van der Waals surface area contributed by atoms with E-state index in [-0.39, 0.29) is 12.5 Å². The Hall–Kier alpha value is -2.01. The minimum absolute atomic E-state index is 0.0483. The third-order valence-corrected chi connectivity index (χ3v) is 4.75. The lowest BCUT2D eigenvalue weighted by Gasteiger charge is -2.24. The summed E-state index contributed by atoms with van der Waals surface area (Å²) in [4.78, 5) is 37.8. The Morgan fingerprint density at radius 3 is 2.63 bits per heavy atom. The number of hydrogen-bond acceptors (Lipinski definition) is 7. The van der Waals surface area contributed by atoms with Crippen LogP contribution < -0.4 is 17.0 Å². The molecule has 0 spiro atoms. The molecule has 0 aromatic carbocycles. The molecule has 27 heavy (non-hydrogen) atoms. The van der Waals surface area contributed by atoms with Crippen molar-refractivity contribution in [2.75, 3.05) is 6.61 Å². The fourth-order valence-corrected chi connectivity index (χ4v) is 3.19. The summed E-state index contributed by atoms with van der Waals surface area (Å²) in [7, 11) is 0. The summed E-state index contributed by atoms with van der Waals surface area (Å²) in [6, 6.07) is 0.737. The molecular weight excluding hydrogens is 358 g/mol. The van der Waals surface area contributed by atoms with Crippen molar-refractivity contribution >= 4 is 5.97 Å². The van der Waals surface area contributed by atoms with Crippen LogP contribution in [0.3, 0.4) is 0 Å². The molecule has 10 heteroatoms. The van der Waals surface area contributed by atoms with E-state index in [1.165, 1.54) is 16.8 Å². The Bertz CT molecular complexity index is 815. The van der Waals surface area contributed by atoms with E-state index >= 15 is 0 Å². The van der Waals surface area contributed by atoms with Gasteiger partial charge >= 0.3 is 11.7 Å². The predicted octanol–water partition coefficient (Wildman–Crippen LogP) is -1.24. The Balaban J connectivity index is 1.79. The third kappa shape index (κ3) is 3.98. The molecular formula is C17H26N3O7+. The average molecular weight is 384 g/mol. The second-order valence-electron chi connectivity index (χ2n) is 7.63. The smallest absolute Gasteiger partial charge is 0.365 e. The minimum atomic E-state index is -0.877. The molecule has 2 fully saturated rings. The number of aromatic amines is 1. The molecule has 3 rings (SSSR count). The summed E-state index contributed by atoms with van der Waals surface area (Å²) in [5.74, 6) is -1.25. The quantitative estimate of drug-likeness (QED) is 0.606. The second kappa shape index (κ2) is 7.19. The Kier molecular flexibility index (Phi) is 5.26. The van der Waals surface area contributed by atoms with Crippen LogP contribution in [0.1, 0.15) is 33.9 Å². The van der Waals surface area contributed by atoms with Gasteiger partial charge in [-0.3, -0.25) is 14.3 Å². The van der Waals surface area contributed by atoms with Gasteiger partial charge < -0.3 is 24.7 Å². The van der Waals surface area contributed by atoms with Gasteiger partial charge in [-0.05, 0) is 13.8 Å². The lowest BCUT2D eigenvalue weighted by atomic mass is 10.1. The zero-order valence-corrected chi connectivity index (χ0v) is 15.8. The highest BCUT2D eigenvalue weighted by Gasteiger charge is 2.56. The Morgan fingerprint density at radius 1 is 1.33 bits per heavy atom. The molecule has 0 saturated carbocycles. The molecule has 10 nitrogen and oxygen atoms in total. The highest BCUT2D eigenvalue weighted by atomic mass is 16.8. The number of nitrogens with zero attached hydrogens (tertiary/aromatic N) is 1. The highest BCUT2D eigenvalue weighted by Crippen LogP contribution is 2.42. The Morgan fingerprint density at radius 2 is 2.00 bits per heavy atom. The monoisotopic (exact) mass is 384 g/mol. The maximum Gasteiger partial charge on any atom is 0.365 e. The first-order valence-electron chi connectivity index (χ1n) is 8.91. The molecule has 150 valence electrons. The third-order valence-electron chi connectivity index (χ3n) is 4.75. The Labute approximate surface area is 155 Å². The van der Waals surface area contributed by atoms with Crippen LogP contribution in [-0.2, 0) is 23.7 Å². The van der Waals surface area contributed by atoms with Gasteiger partial charge in [-0.15, -0.1) is 0 Å². The standard InChI is InChI=1S/C17H25N3O7/c1-8(2)11(18)15(22)24-7-9-12-13(27-17(3,4)26-12)14(25-9)20-6-5-10(21)19-16(20)23/h5-6,8-9,11-14H,7,18H2,1-4H3,(H,19,21,23)/p+1/t9-,11+,12-,13-,14-/m1/s1. The minimum Gasteiger partial charge on any atom is -0.458 e. The average Bonchev–Trinajstić information content (AvgIpc) is 3.05. The van der Waals surface area contributed by atoms with Gasteiger partial charge in [0.05, 0.1) is 0 Å². The van der Waals surface area contributed by atoms with Crippen LogP contribution in [0, 0.1) is 5.92 Å². The molecule has 0 bridgehead atoms. The lowest BCUT2D eigenvalue weighted by Crippen LogP contribution is -2.68. The number of fused-ring (bicyclic) bond motifs is 1.